The van der Waals surface area contributed by atoms with Crippen LogP contribution in [-0.2, 0) is 4.79 Å². The first-order chi connectivity index (χ1) is 11.6. The first-order valence-electron chi connectivity index (χ1n) is 8.04. The molecule has 2 heterocycles. The summed E-state index contributed by atoms with van der Waals surface area (Å²) in [5.41, 5.74) is 3.40. The lowest BCUT2D eigenvalue weighted by molar-refractivity contribution is -0.116. The minimum absolute atomic E-state index is 0.0361. The zero-order valence-corrected chi connectivity index (χ0v) is 13.9. The van der Waals surface area contributed by atoms with Gasteiger partial charge in [0.25, 0.3) is 0 Å². The smallest absolute Gasteiger partial charge is 0.227 e. The molecule has 3 aromatic rings. The number of aromatic nitrogens is 2. The number of nitrogens with one attached hydrogen (secondary N) is 1. The standard InChI is InChI=1S/C20H21N3O/c1-15-9-10-21-19(13-15)22-20(24)14-18(23-11-5-6-12-23)17-8-4-3-7-16(17)2/h3-13,18H,14H2,1-2H3,(H,21,22,24). The molecule has 122 valence electrons. The number of benzene rings is 1. The topological polar surface area (TPSA) is 46.9 Å². The van der Waals surface area contributed by atoms with Crippen molar-refractivity contribution in [3.8, 4) is 0 Å². The van der Waals surface area contributed by atoms with Gasteiger partial charge >= 0.3 is 0 Å². The second-order valence-electron chi connectivity index (χ2n) is 5.97. The Labute approximate surface area is 142 Å². The SMILES string of the molecule is Cc1ccnc(NC(=O)CC(c2ccccc2C)n2cccc2)c1. The molecule has 1 atom stereocenters. The van der Waals surface area contributed by atoms with Gasteiger partial charge in [-0.1, -0.05) is 24.3 Å². The molecule has 0 aliphatic rings. The van der Waals surface area contributed by atoms with Crippen molar-refractivity contribution in [1.82, 2.24) is 9.55 Å². The van der Waals surface area contributed by atoms with Gasteiger partial charge in [0.05, 0.1) is 12.5 Å². The van der Waals surface area contributed by atoms with E-state index in [4.69, 9.17) is 0 Å². The Morgan fingerprint density at radius 2 is 1.88 bits per heavy atom. The van der Waals surface area contributed by atoms with Crippen molar-refractivity contribution in [2.24, 2.45) is 0 Å². The van der Waals surface area contributed by atoms with Crippen molar-refractivity contribution in [3.05, 3.63) is 83.8 Å². The first kappa shape index (κ1) is 16.0. The minimum Gasteiger partial charge on any atom is -0.346 e. The average Bonchev–Trinajstić information content (AvgIpc) is 3.07. The Kier molecular flexibility index (Phi) is 4.75. The normalized spacial score (nSPS) is 11.9. The zero-order valence-electron chi connectivity index (χ0n) is 13.9. The minimum atomic E-state index is -0.0462. The summed E-state index contributed by atoms with van der Waals surface area (Å²) >= 11 is 0. The number of anilines is 1. The molecule has 4 heteroatoms. The van der Waals surface area contributed by atoms with Crippen LogP contribution in [-0.4, -0.2) is 15.5 Å². The van der Waals surface area contributed by atoms with Gasteiger partial charge in [0.15, 0.2) is 0 Å². The van der Waals surface area contributed by atoms with Gasteiger partial charge in [0, 0.05) is 18.6 Å². The van der Waals surface area contributed by atoms with Crippen LogP contribution in [0.2, 0.25) is 0 Å². The maximum Gasteiger partial charge on any atom is 0.227 e. The molecule has 24 heavy (non-hydrogen) atoms. The molecule has 0 aliphatic heterocycles. The molecule has 0 bridgehead atoms. The Morgan fingerprint density at radius 1 is 1.12 bits per heavy atom. The van der Waals surface area contributed by atoms with Gasteiger partial charge in [-0.15, -0.1) is 0 Å². The van der Waals surface area contributed by atoms with E-state index in [2.05, 4.69) is 33.9 Å². The molecule has 0 aliphatic carbocycles. The molecular formula is C20H21N3O. The maximum atomic E-state index is 12.5. The number of rotatable bonds is 5. The van der Waals surface area contributed by atoms with Crippen molar-refractivity contribution < 1.29 is 4.79 Å². The van der Waals surface area contributed by atoms with Crippen molar-refractivity contribution in [1.29, 1.82) is 0 Å². The van der Waals surface area contributed by atoms with Gasteiger partial charge in [0.2, 0.25) is 5.91 Å². The molecule has 0 radical (unpaired) electrons. The Bertz CT molecular complexity index is 824. The van der Waals surface area contributed by atoms with Crippen molar-refractivity contribution in [3.63, 3.8) is 0 Å². The van der Waals surface area contributed by atoms with Crippen LogP contribution < -0.4 is 5.32 Å². The molecule has 4 nitrogen and oxygen atoms in total. The first-order valence-corrected chi connectivity index (χ1v) is 8.04. The lowest BCUT2D eigenvalue weighted by atomic mass is 9.98. The maximum absolute atomic E-state index is 12.5. The second-order valence-corrected chi connectivity index (χ2v) is 5.97. The number of carbonyl (C=O) groups excluding carboxylic acids is 1. The largest absolute Gasteiger partial charge is 0.346 e. The number of hydrogen-bond donors (Lipinski definition) is 1. The van der Waals surface area contributed by atoms with E-state index < -0.39 is 0 Å². The fourth-order valence-electron chi connectivity index (χ4n) is 2.87. The van der Waals surface area contributed by atoms with Crippen LogP contribution in [0, 0.1) is 13.8 Å². The van der Waals surface area contributed by atoms with Crippen LogP contribution in [0.3, 0.4) is 0 Å². The van der Waals surface area contributed by atoms with E-state index in [0.717, 1.165) is 11.1 Å². The van der Waals surface area contributed by atoms with Crippen LogP contribution in [0.4, 0.5) is 5.82 Å². The second kappa shape index (κ2) is 7.13. The van der Waals surface area contributed by atoms with Crippen molar-refractivity contribution in [2.45, 2.75) is 26.3 Å². The van der Waals surface area contributed by atoms with Gasteiger partial charge < -0.3 is 9.88 Å². The molecule has 1 unspecified atom stereocenters. The summed E-state index contributed by atoms with van der Waals surface area (Å²) in [6.45, 7) is 4.05. The summed E-state index contributed by atoms with van der Waals surface area (Å²) in [6.07, 6.45) is 6.05. The van der Waals surface area contributed by atoms with E-state index in [-0.39, 0.29) is 11.9 Å². The van der Waals surface area contributed by atoms with Crippen LogP contribution in [0.1, 0.15) is 29.2 Å². The van der Waals surface area contributed by atoms with E-state index in [9.17, 15) is 4.79 Å². The molecule has 1 N–H and O–H groups in total. The van der Waals surface area contributed by atoms with Gasteiger partial charge in [-0.25, -0.2) is 4.98 Å². The summed E-state index contributed by atoms with van der Waals surface area (Å²) in [7, 11) is 0. The number of carbonyl (C=O) groups is 1. The van der Waals surface area contributed by atoms with E-state index in [1.807, 2.05) is 55.7 Å². The van der Waals surface area contributed by atoms with E-state index in [0.29, 0.717) is 12.2 Å². The van der Waals surface area contributed by atoms with Gasteiger partial charge in [0.1, 0.15) is 5.82 Å². The van der Waals surface area contributed by atoms with Crippen LogP contribution in [0.15, 0.2) is 67.1 Å². The summed E-state index contributed by atoms with van der Waals surface area (Å²) in [4.78, 5) is 16.8. The van der Waals surface area contributed by atoms with Crippen LogP contribution in [0.5, 0.6) is 0 Å². The molecule has 2 aromatic heterocycles. The van der Waals surface area contributed by atoms with E-state index in [1.165, 1.54) is 5.56 Å². The molecular weight excluding hydrogens is 298 g/mol. The van der Waals surface area contributed by atoms with E-state index in [1.54, 1.807) is 6.20 Å². The summed E-state index contributed by atoms with van der Waals surface area (Å²) in [5.74, 6) is 0.547. The fraction of sp³-hybridized carbons (Fsp3) is 0.200. The number of nitrogens with zero attached hydrogens (tertiary/aromatic N) is 2. The Morgan fingerprint density at radius 3 is 2.58 bits per heavy atom. The monoisotopic (exact) mass is 319 g/mol. The quantitative estimate of drug-likeness (QED) is 0.769. The third kappa shape index (κ3) is 3.71. The number of amides is 1. The lowest BCUT2D eigenvalue weighted by Gasteiger charge is -2.21. The van der Waals surface area contributed by atoms with Crippen molar-refractivity contribution >= 4 is 11.7 Å². The number of pyridine rings is 1. The molecule has 1 aromatic carbocycles. The lowest BCUT2D eigenvalue weighted by Crippen LogP contribution is -2.20. The summed E-state index contributed by atoms with van der Waals surface area (Å²) in [6, 6.07) is 15.9. The fourth-order valence-corrected chi connectivity index (χ4v) is 2.87. The van der Waals surface area contributed by atoms with Crippen LogP contribution in [0.25, 0.3) is 0 Å². The highest BCUT2D eigenvalue weighted by Gasteiger charge is 2.19. The summed E-state index contributed by atoms with van der Waals surface area (Å²) < 4.78 is 2.07. The number of hydrogen-bond acceptors (Lipinski definition) is 2. The molecule has 0 saturated carbocycles. The van der Waals surface area contributed by atoms with Crippen LogP contribution >= 0.6 is 0 Å². The molecule has 0 saturated heterocycles. The molecule has 0 fully saturated rings. The Balaban J connectivity index is 1.82. The van der Waals surface area contributed by atoms with Gasteiger partial charge in [-0.05, 0) is 54.8 Å². The third-order valence-electron chi connectivity index (χ3n) is 4.10. The van der Waals surface area contributed by atoms with Crippen molar-refractivity contribution in [2.75, 3.05) is 5.32 Å². The highest BCUT2D eigenvalue weighted by Crippen LogP contribution is 2.25. The average molecular weight is 319 g/mol. The predicted octanol–water partition coefficient (Wildman–Crippen LogP) is 4.12. The summed E-state index contributed by atoms with van der Waals surface area (Å²) in [5, 5.41) is 2.90. The highest BCUT2D eigenvalue weighted by atomic mass is 16.1. The molecule has 1 amide bonds. The third-order valence-corrected chi connectivity index (χ3v) is 4.10. The molecule has 3 rings (SSSR count). The predicted molar refractivity (Wildman–Crippen MR) is 96.0 cm³/mol. The highest BCUT2D eigenvalue weighted by molar-refractivity contribution is 5.90. The van der Waals surface area contributed by atoms with E-state index >= 15 is 0 Å². The zero-order chi connectivity index (χ0) is 16.9. The molecule has 0 spiro atoms. The van der Waals surface area contributed by atoms with Gasteiger partial charge in [-0.2, -0.15) is 0 Å². The Hall–Kier alpha value is -2.88. The number of aryl methyl sites for hydroxylation is 2. The van der Waals surface area contributed by atoms with Gasteiger partial charge in [-0.3, -0.25) is 4.79 Å².